The van der Waals surface area contributed by atoms with Gasteiger partial charge in [0.2, 0.25) is 0 Å². The summed E-state index contributed by atoms with van der Waals surface area (Å²) in [5.74, 6) is 0.913. The van der Waals surface area contributed by atoms with Gasteiger partial charge in [0.1, 0.15) is 5.82 Å². The van der Waals surface area contributed by atoms with Gasteiger partial charge in [-0.3, -0.25) is 0 Å². The zero-order valence-electron chi connectivity index (χ0n) is 31.9. The fourth-order valence-electron chi connectivity index (χ4n) is 7.98. The molecule has 0 spiro atoms. The monoisotopic (exact) mass is 855 g/mol. The summed E-state index contributed by atoms with van der Waals surface area (Å²) in [6.07, 6.45) is 1.94. The standard InChI is InChI=1S/C45H50N5.Pt/c1-43(2,3)30-16-19-40-41(24-30)49(11)28-50(40,29-49)35-23-32(45(7,8)9)22-34(26-35)47(10)33-17-18-37-36-14-12-13-15-38(36)48(39(37)27-33)42-25-31(20-21-46-42)44(4,5)6;/h12-25,28H,29H2,1-11H3;/q-1;/t49-,50+;/m0./s1. The predicted octanol–water partition coefficient (Wildman–Crippen LogP) is 11.1. The molecule has 0 unspecified atom stereocenters. The molecule has 3 aliphatic heterocycles. The number of pyridine rings is 1. The number of rotatable bonds is 4. The van der Waals surface area contributed by atoms with E-state index in [1.54, 1.807) is 0 Å². The molecule has 0 N–H and O–H groups in total. The Hall–Kier alpha value is -3.76. The van der Waals surface area contributed by atoms with Crippen molar-refractivity contribution in [2.75, 3.05) is 25.7 Å². The van der Waals surface area contributed by atoms with Crippen molar-refractivity contribution < 1.29 is 21.1 Å². The Morgan fingerprint density at radius 3 is 2.06 bits per heavy atom. The quantitative estimate of drug-likeness (QED) is 0.130. The zero-order chi connectivity index (χ0) is 35.6. The van der Waals surface area contributed by atoms with Gasteiger partial charge in [-0.05, 0) is 51.0 Å². The van der Waals surface area contributed by atoms with Crippen LogP contribution in [-0.2, 0) is 37.3 Å². The summed E-state index contributed by atoms with van der Waals surface area (Å²) in [6, 6.07) is 37.1. The molecule has 0 aliphatic carbocycles. The molecule has 5 heterocycles. The van der Waals surface area contributed by atoms with Crippen LogP contribution in [0.4, 0.5) is 28.4 Å². The number of hydrogen-bond acceptors (Lipinski definition) is 2. The van der Waals surface area contributed by atoms with Crippen molar-refractivity contribution in [2.24, 2.45) is 0 Å². The first-order valence-corrected chi connectivity index (χ1v) is 17.9. The molecular weight excluding hydrogens is 806 g/mol. The van der Waals surface area contributed by atoms with Crippen LogP contribution in [0.1, 0.15) is 79.0 Å². The van der Waals surface area contributed by atoms with Gasteiger partial charge in [0.25, 0.3) is 0 Å². The number of fused-ring (bicyclic) bond motifs is 3. The second kappa shape index (κ2) is 11.6. The Morgan fingerprint density at radius 1 is 0.706 bits per heavy atom. The minimum Gasteiger partial charge on any atom is -0.391 e. The molecule has 2 atom stereocenters. The van der Waals surface area contributed by atoms with Crippen LogP contribution in [-0.4, -0.2) is 30.3 Å². The average molecular weight is 856 g/mol. The van der Waals surface area contributed by atoms with Crippen molar-refractivity contribution in [3.05, 3.63) is 121 Å². The summed E-state index contributed by atoms with van der Waals surface area (Å²) in [6.45, 7) is 24.0. The minimum absolute atomic E-state index is 0. The van der Waals surface area contributed by atoms with Gasteiger partial charge in [0.05, 0.1) is 13.7 Å². The van der Waals surface area contributed by atoms with Gasteiger partial charge >= 0.3 is 0 Å². The van der Waals surface area contributed by atoms with Crippen molar-refractivity contribution in [1.82, 2.24) is 18.5 Å². The Labute approximate surface area is 319 Å². The molecule has 51 heavy (non-hydrogen) atoms. The number of anilines is 2. The van der Waals surface area contributed by atoms with E-state index in [9.17, 15) is 0 Å². The molecule has 2 aromatic heterocycles. The van der Waals surface area contributed by atoms with Gasteiger partial charge in [0.15, 0.2) is 18.0 Å². The van der Waals surface area contributed by atoms with Crippen LogP contribution in [0.25, 0.3) is 27.6 Å². The van der Waals surface area contributed by atoms with Crippen LogP contribution in [0, 0.1) is 18.8 Å². The molecule has 3 aliphatic rings. The van der Waals surface area contributed by atoms with Crippen molar-refractivity contribution in [2.45, 2.75) is 78.6 Å². The van der Waals surface area contributed by atoms with Crippen LogP contribution >= 0.6 is 0 Å². The number of para-hydroxylation sites is 1. The number of hydrogen-bond donors (Lipinski definition) is 0. The van der Waals surface area contributed by atoms with Crippen molar-refractivity contribution in [3.8, 4) is 5.82 Å². The van der Waals surface area contributed by atoms with Crippen molar-refractivity contribution in [3.63, 3.8) is 0 Å². The summed E-state index contributed by atoms with van der Waals surface area (Å²) in [7, 11) is 4.49. The van der Waals surface area contributed by atoms with Crippen LogP contribution in [0.15, 0.2) is 85.1 Å². The number of nitrogens with zero attached hydrogens (tertiary/aromatic N) is 5. The van der Waals surface area contributed by atoms with Gasteiger partial charge in [0, 0.05) is 57.6 Å². The van der Waals surface area contributed by atoms with E-state index < -0.39 is 0 Å². The largest absolute Gasteiger partial charge is 0.391 e. The van der Waals surface area contributed by atoms with E-state index in [-0.39, 0.29) is 37.3 Å². The van der Waals surface area contributed by atoms with Gasteiger partial charge in [-0.1, -0.05) is 110 Å². The smallest absolute Gasteiger partial charge is 0.179 e. The molecule has 0 saturated carbocycles. The van der Waals surface area contributed by atoms with Gasteiger partial charge < -0.3 is 18.4 Å². The first-order chi connectivity index (χ1) is 23.4. The Morgan fingerprint density at radius 2 is 1.37 bits per heavy atom. The maximum atomic E-state index is 4.89. The van der Waals surface area contributed by atoms with Gasteiger partial charge in [-0.2, -0.15) is 6.07 Å². The predicted molar refractivity (Wildman–Crippen MR) is 212 cm³/mol. The third-order valence-corrected chi connectivity index (χ3v) is 11.1. The van der Waals surface area contributed by atoms with E-state index in [0.717, 1.165) is 39.4 Å². The third-order valence-electron chi connectivity index (χ3n) is 11.1. The fraction of sp³-hybridized carbons (Fsp3) is 0.333. The van der Waals surface area contributed by atoms with Gasteiger partial charge in [-0.25, -0.2) is 4.98 Å². The number of aromatic nitrogens is 2. The molecule has 1 fully saturated rings. The summed E-state index contributed by atoms with van der Waals surface area (Å²) < 4.78 is 3.84. The minimum atomic E-state index is -0.0384. The maximum Gasteiger partial charge on any atom is 0.179 e. The first-order valence-electron chi connectivity index (χ1n) is 17.9. The molecule has 4 aromatic carbocycles. The topological polar surface area (TPSA) is 21.1 Å². The zero-order valence-corrected chi connectivity index (χ0v) is 34.2. The second-order valence-corrected chi connectivity index (χ2v) is 17.9. The summed E-state index contributed by atoms with van der Waals surface area (Å²) in [4.78, 5) is 7.15. The van der Waals surface area contributed by atoms with E-state index in [4.69, 9.17) is 4.98 Å². The van der Waals surface area contributed by atoms with Crippen molar-refractivity contribution >= 4 is 50.2 Å². The molecule has 6 heteroatoms. The Bertz CT molecular complexity index is 2320. The molecule has 1 saturated heterocycles. The molecular formula is C45H50N5Pt-. The second-order valence-electron chi connectivity index (χ2n) is 17.9. The van der Waals surface area contributed by atoms with E-state index >= 15 is 0 Å². The molecule has 9 rings (SSSR count). The average Bonchev–Trinajstić information content (AvgIpc) is 3.61. The number of quaternary nitrogens is 2. The SMILES string of the molecule is CN(c1[c-]c2c(cc1)c1ccccc1n2-c1cc(C(C)(C)C)ccn1)c1[c-]c([N@@+]23[CH-][N@@+](C)(C2)c2cc(C(C)(C)C)ccc23)cc(C(C)(C)C)c1.[Pt]. The maximum absolute atomic E-state index is 4.89. The van der Waals surface area contributed by atoms with Crippen LogP contribution < -0.4 is 13.9 Å². The normalized spacial score (nSPS) is 19.9. The van der Waals surface area contributed by atoms with Crippen LogP contribution in [0.5, 0.6) is 0 Å². The molecule has 266 valence electrons. The third kappa shape index (κ3) is 5.59. The Kier molecular flexibility index (Phi) is 8.12. The molecule has 5 nitrogen and oxygen atoms in total. The van der Waals surface area contributed by atoms with Crippen molar-refractivity contribution in [1.29, 1.82) is 0 Å². The Balaban J connectivity index is 0.00000406. The van der Waals surface area contributed by atoms with E-state index in [2.05, 4.69) is 184 Å². The molecule has 0 amide bonds. The molecule has 6 aromatic rings. The molecule has 2 bridgehead atoms. The van der Waals surface area contributed by atoms with E-state index in [1.165, 1.54) is 44.5 Å². The fourth-order valence-corrected chi connectivity index (χ4v) is 7.98. The van der Waals surface area contributed by atoms with Crippen LogP contribution in [0.3, 0.4) is 0 Å². The van der Waals surface area contributed by atoms with E-state index in [1.807, 2.05) is 6.20 Å². The molecule has 0 radical (unpaired) electrons. The summed E-state index contributed by atoms with van der Waals surface area (Å²) in [5, 5.41) is 2.37. The van der Waals surface area contributed by atoms with Gasteiger partial charge in [-0.15, -0.1) is 35.2 Å². The first kappa shape index (κ1) is 35.6. The summed E-state index contributed by atoms with van der Waals surface area (Å²) in [5.41, 5.74) is 12.2. The van der Waals surface area contributed by atoms with E-state index in [0.29, 0.717) is 4.48 Å². The van der Waals surface area contributed by atoms with Crippen LogP contribution in [0.2, 0.25) is 0 Å². The number of benzene rings is 4. The summed E-state index contributed by atoms with van der Waals surface area (Å²) >= 11 is 0.